The highest BCUT2D eigenvalue weighted by molar-refractivity contribution is 5.88. The van der Waals surface area contributed by atoms with Crippen LogP contribution in [0.2, 0.25) is 0 Å². The number of aryl methyl sites for hydroxylation is 3. The SMILES string of the molecule is CCCc1c(CN)oc2c(C)ccc(C)c12. The monoisotopic (exact) mass is 217 g/mol. The molecule has 86 valence electrons. The van der Waals surface area contributed by atoms with Crippen molar-refractivity contribution < 1.29 is 4.42 Å². The van der Waals surface area contributed by atoms with E-state index in [-0.39, 0.29) is 0 Å². The minimum atomic E-state index is 0.489. The van der Waals surface area contributed by atoms with Crippen LogP contribution in [0.4, 0.5) is 0 Å². The molecule has 2 N–H and O–H groups in total. The Balaban J connectivity index is 2.78. The van der Waals surface area contributed by atoms with Crippen molar-refractivity contribution in [2.24, 2.45) is 5.73 Å². The van der Waals surface area contributed by atoms with Crippen LogP contribution < -0.4 is 5.73 Å². The maximum atomic E-state index is 5.89. The second-order valence-corrected chi connectivity index (χ2v) is 4.36. The number of fused-ring (bicyclic) bond motifs is 1. The van der Waals surface area contributed by atoms with E-state index in [1.165, 1.54) is 22.1 Å². The van der Waals surface area contributed by atoms with E-state index in [9.17, 15) is 0 Å². The van der Waals surface area contributed by atoms with Crippen molar-refractivity contribution in [3.8, 4) is 0 Å². The second-order valence-electron chi connectivity index (χ2n) is 4.36. The van der Waals surface area contributed by atoms with E-state index >= 15 is 0 Å². The number of rotatable bonds is 3. The van der Waals surface area contributed by atoms with Gasteiger partial charge in [0.1, 0.15) is 11.3 Å². The molecule has 0 fully saturated rings. The zero-order chi connectivity index (χ0) is 11.7. The maximum Gasteiger partial charge on any atom is 0.137 e. The van der Waals surface area contributed by atoms with Gasteiger partial charge in [0, 0.05) is 10.9 Å². The van der Waals surface area contributed by atoms with Crippen LogP contribution in [0.25, 0.3) is 11.0 Å². The van der Waals surface area contributed by atoms with Crippen molar-refractivity contribution in [3.05, 3.63) is 34.6 Å². The molecular weight excluding hydrogens is 198 g/mol. The minimum absolute atomic E-state index is 0.489. The van der Waals surface area contributed by atoms with Crippen molar-refractivity contribution >= 4 is 11.0 Å². The van der Waals surface area contributed by atoms with E-state index in [1.54, 1.807) is 0 Å². The van der Waals surface area contributed by atoms with Gasteiger partial charge in [0.25, 0.3) is 0 Å². The van der Waals surface area contributed by atoms with E-state index < -0.39 is 0 Å². The van der Waals surface area contributed by atoms with E-state index in [0.29, 0.717) is 6.54 Å². The highest BCUT2D eigenvalue weighted by Gasteiger charge is 2.15. The maximum absolute atomic E-state index is 5.89. The fraction of sp³-hybridized carbons (Fsp3) is 0.429. The predicted octanol–water partition coefficient (Wildman–Crippen LogP) is 3.46. The summed E-state index contributed by atoms with van der Waals surface area (Å²) in [4.78, 5) is 0. The molecule has 0 aliphatic heterocycles. The summed E-state index contributed by atoms with van der Waals surface area (Å²) in [6.07, 6.45) is 2.17. The summed E-state index contributed by atoms with van der Waals surface area (Å²) >= 11 is 0. The normalized spacial score (nSPS) is 11.2. The van der Waals surface area contributed by atoms with Crippen molar-refractivity contribution in [3.63, 3.8) is 0 Å². The lowest BCUT2D eigenvalue weighted by atomic mass is 10.00. The summed E-state index contributed by atoms with van der Waals surface area (Å²) in [5.74, 6) is 0.953. The zero-order valence-corrected chi connectivity index (χ0v) is 10.3. The third-order valence-corrected chi connectivity index (χ3v) is 3.11. The van der Waals surface area contributed by atoms with Crippen molar-refractivity contribution in [1.29, 1.82) is 0 Å². The highest BCUT2D eigenvalue weighted by atomic mass is 16.3. The Morgan fingerprint density at radius 2 is 1.88 bits per heavy atom. The van der Waals surface area contributed by atoms with Crippen LogP contribution in [0, 0.1) is 13.8 Å². The van der Waals surface area contributed by atoms with Gasteiger partial charge < -0.3 is 10.2 Å². The number of hydrogen-bond acceptors (Lipinski definition) is 2. The van der Waals surface area contributed by atoms with Gasteiger partial charge in [-0.15, -0.1) is 0 Å². The van der Waals surface area contributed by atoms with Gasteiger partial charge in [-0.1, -0.05) is 25.5 Å². The third-order valence-electron chi connectivity index (χ3n) is 3.11. The number of hydrogen-bond donors (Lipinski definition) is 1. The quantitative estimate of drug-likeness (QED) is 0.855. The average Bonchev–Trinajstić information content (AvgIpc) is 2.64. The molecule has 0 saturated carbocycles. The molecule has 0 radical (unpaired) electrons. The van der Waals surface area contributed by atoms with Crippen LogP contribution in [-0.4, -0.2) is 0 Å². The summed E-state index contributed by atoms with van der Waals surface area (Å²) in [6.45, 7) is 6.89. The number of benzene rings is 1. The van der Waals surface area contributed by atoms with Gasteiger partial charge >= 0.3 is 0 Å². The first kappa shape index (κ1) is 11.2. The van der Waals surface area contributed by atoms with Crippen LogP contribution >= 0.6 is 0 Å². The first-order valence-electron chi connectivity index (χ1n) is 5.89. The Morgan fingerprint density at radius 3 is 2.50 bits per heavy atom. The van der Waals surface area contributed by atoms with Gasteiger partial charge in [-0.2, -0.15) is 0 Å². The summed E-state index contributed by atoms with van der Waals surface area (Å²) in [7, 11) is 0. The van der Waals surface area contributed by atoms with Gasteiger partial charge in [-0.3, -0.25) is 0 Å². The van der Waals surface area contributed by atoms with Gasteiger partial charge in [0.2, 0.25) is 0 Å². The summed E-state index contributed by atoms with van der Waals surface area (Å²) in [6, 6.07) is 4.27. The molecule has 2 heteroatoms. The first-order chi connectivity index (χ1) is 7.69. The Kier molecular flexibility index (Phi) is 3.01. The molecule has 0 bridgehead atoms. The molecule has 16 heavy (non-hydrogen) atoms. The fourth-order valence-corrected chi connectivity index (χ4v) is 2.30. The molecular formula is C14H19NO. The average molecular weight is 217 g/mol. The molecule has 0 unspecified atom stereocenters. The zero-order valence-electron chi connectivity index (χ0n) is 10.3. The molecule has 2 rings (SSSR count). The van der Waals surface area contributed by atoms with Crippen LogP contribution in [0.3, 0.4) is 0 Å². The second kappa shape index (κ2) is 4.30. The standard InChI is InChI=1S/C14H19NO/c1-4-5-11-12(8-15)16-14-10(3)7-6-9(2)13(11)14/h6-7H,4-5,8,15H2,1-3H3. The largest absolute Gasteiger partial charge is 0.459 e. The Labute approximate surface area is 96.4 Å². The van der Waals surface area contributed by atoms with Gasteiger partial charge in [-0.25, -0.2) is 0 Å². The Morgan fingerprint density at radius 1 is 1.19 bits per heavy atom. The van der Waals surface area contributed by atoms with E-state index in [0.717, 1.165) is 24.2 Å². The Bertz CT molecular complexity index is 511. The number of nitrogens with two attached hydrogens (primary N) is 1. The van der Waals surface area contributed by atoms with Gasteiger partial charge in [0.15, 0.2) is 0 Å². The molecule has 2 aromatic rings. The van der Waals surface area contributed by atoms with Crippen LogP contribution in [0.15, 0.2) is 16.5 Å². The molecule has 1 aromatic heterocycles. The lowest BCUT2D eigenvalue weighted by Crippen LogP contribution is -1.98. The van der Waals surface area contributed by atoms with Crippen LogP contribution in [-0.2, 0) is 13.0 Å². The van der Waals surface area contributed by atoms with Crippen molar-refractivity contribution in [2.45, 2.75) is 40.2 Å². The lowest BCUT2D eigenvalue weighted by Gasteiger charge is -2.01. The molecule has 0 aliphatic carbocycles. The molecule has 0 atom stereocenters. The van der Waals surface area contributed by atoms with Crippen LogP contribution in [0.1, 0.15) is 35.8 Å². The van der Waals surface area contributed by atoms with E-state index in [4.69, 9.17) is 10.2 Å². The van der Waals surface area contributed by atoms with Crippen molar-refractivity contribution in [2.75, 3.05) is 0 Å². The van der Waals surface area contributed by atoms with Gasteiger partial charge in [0.05, 0.1) is 6.54 Å². The van der Waals surface area contributed by atoms with E-state index in [1.807, 2.05) is 0 Å². The molecule has 0 saturated heterocycles. The lowest BCUT2D eigenvalue weighted by molar-refractivity contribution is 0.543. The summed E-state index contributed by atoms with van der Waals surface area (Å²) < 4.78 is 5.89. The molecule has 0 aliphatic rings. The topological polar surface area (TPSA) is 39.2 Å². The predicted molar refractivity (Wildman–Crippen MR) is 67.6 cm³/mol. The van der Waals surface area contributed by atoms with Crippen LogP contribution in [0.5, 0.6) is 0 Å². The van der Waals surface area contributed by atoms with Crippen molar-refractivity contribution in [1.82, 2.24) is 0 Å². The van der Waals surface area contributed by atoms with E-state index in [2.05, 4.69) is 32.9 Å². The summed E-state index contributed by atoms with van der Waals surface area (Å²) in [5.41, 5.74) is 10.6. The molecule has 2 nitrogen and oxygen atoms in total. The Hall–Kier alpha value is -1.28. The molecule has 1 heterocycles. The number of furan rings is 1. The first-order valence-corrected chi connectivity index (χ1v) is 5.89. The molecule has 0 amide bonds. The third kappa shape index (κ3) is 1.63. The minimum Gasteiger partial charge on any atom is -0.459 e. The van der Waals surface area contributed by atoms with Gasteiger partial charge in [-0.05, 0) is 31.4 Å². The smallest absolute Gasteiger partial charge is 0.137 e. The molecule has 1 aromatic carbocycles. The molecule has 0 spiro atoms. The fourth-order valence-electron chi connectivity index (χ4n) is 2.30. The highest BCUT2D eigenvalue weighted by Crippen LogP contribution is 2.31. The summed E-state index contributed by atoms with van der Waals surface area (Å²) in [5, 5.41) is 1.28.